The van der Waals surface area contributed by atoms with Gasteiger partial charge >= 0.3 is 12.2 Å². The molecule has 0 bridgehead atoms. The standard InChI is InChI=1S/C29H36F3N5O2/c1-6-7-10-16-36(27(39)33-23-15-9-8-14-22(23)29(30,31)32)19-26(38)34-25-18-24(28(3,4)5)35-37(25)21-13-11-12-20(2)17-21/h8-9,11-15,17-18H,6-7,10,16,19H2,1-5H3,(H,33,39)(H,34,38). The van der Waals surface area contributed by atoms with Gasteiger partial charge in [0.25, 0.3) is 0 Å². The number of urea groups is 1. The first-order valence-electron chi connectivity index (χ1n) is 13.0. The summed E-state index contributed by atoms with van der Waals surface area (Å²) in [5, 5.41) is 9.92. The third-order valence-electron chi connectivity index (χ3n) is 6.12. The Hall–Kier alpha value is -3.82. The van der Waals surface area contributed by atoms with Gasteiger partial charge in [0, 0.05) is 18.0 Å². The molecule has 3 aromatic rings. The topological polar surface area (TPSA) is 79.3 Å². The molecule has 0 unspecified atom stereocenters. The number of aromatic nitrogens is 2. The quantitative estimate of drug-likeness (QED) is 0.281. The van der Waals surface area contributed by atoms with Crippen LogP contribution >= 0.6 is 0 Å². The lowest BCUT2D eigenvalue weighted by molar-refractivity contribution is -0.137. The molecule has 0 saturated carbocycles. The molecule has 0 aliphatic heterocycles. The monoisotopic (exact) mass is 543 g/mol. The van der Waals surface area contributed by atoms with Gasteiger partial charge in [0.05, 0.1) is 22.6 Å². The summed E-state index contributed by atoms with van der Waals surface area (Å²) < 4.78 is 42.0. The van der Waals surface area contributed by atoms with Crippen molar-refractivity contribution < 1.29 is 22.8 Å². The van der Waals surface area contributed by atoms with Crippen molar-refractivity contribution >= 4 is 23.4 Å². The number of unbranched alkanes of at least 4 members (excludes halogenated alkanes) is 2. The molecule has 7 nitrogen and oxygen atoms in total. The van der Waals surface area contributed by atoms with Gasteiger partial charge in [-0.1, -0.05) is 64.8 Å². The molecular weight excluding hydrogens is 507 g/mol. The van der Waals surface area contributed by atoms with E-state index in [4.69, 9.17) is 5.10 Å². The van der Waals surface area contributed by atoms with E-state index in [0.29, 0.717) is 12.2 Å². The number of halogens is 3. The van der Waals surface area contributed by atoms with Crippen LogP contribution in [0.25, 0.3) is 5.69 Å². The summed E-state index contributed by atoms with van der Waals surface area (Å²) in [6.07, 6.45) is -2.34. The third-order valence-corrected chi connectivity index (χ3v) is 6.12. The number of amides is 3. The first-order valence-corrected chi connectivity index (χ1v) is 13.0. The summed E-state index contributed by atoms with van der Waals surface area (Å²) in [6, 6.07) is 13.5. The van der Waals surface area contributed by atoms with Crippen LogP contribution in [-0.2, 0) is 16.4 Å². The Kier molecular flexibility index (Phi) is 9.42. The number of rotatable bonds is 9. The molecule has 1 heterocycles. The van der Waals surface area contributed by atoms with Crippen LogP contribution in [0, 0.1) is 6.92 Å². The molecule has 0 saturated heterocycles. The summed E-state index contributed by atoms with van der Waals surface area (Å²) in [5.74, 6) is -0.0492. The van der Waals surface area contributed by atoms with Crippen molar-refractivity contribution in [1.82, 2.24) is 14.7 Å². The van der Waals surface area contributed by atoms with Crippen molar-refractivity contribution in [3.05, 3.63) is 71.4 Å². The molecule has 0 aliphatic rings. The minimum atomic E-state index is -4.63. The van der Waals surface area contributed by atoms with Crippen molar-refractivity contribution in [1.29, 1.82) is 0 Å². The van der Waals surface area contributed by atoms with Crippen LogP contribution in [0.2, 0.25) is 0 Å². The molecule has 1 aromatic heterocycles. The number of nitrogens with zero attached hydrogens (tertiary/aromatic N) is 3. The summed E-state index contributed by atoms with van der Waals surface area (Å²) in [6.45, 7) is 9.87. The van der Waals surface area contributed by atoms with E-state index in [0.717, 1.165) is 35.9 Å². The minimum Gasteiger partial charge on any atom is -0.315 e. The van der Waals surface area contributed by atoms with Gasteiger partial charge in [-0.15, -0.1) is 0 Å². The van der Waals surface area contributed by atoms with E-state index in [1.54, 1.807) is 10.7 Å². The molecule has 0 radical (unpaired) electrons. The second-order valence-electron chi connectivity index (χ2n) is 10.6. The Morgan fingerprint density at radius 2 is 1.69 bits per heavy atom. The molecule has 3 amide bonds. The van der Waals surface area contributed by atoms with Gasteiger partial charge in [-0.2, -0.15) is 18.3 Å². The Labute approximate surface area is 227 Å². The molecule has 210 valence electrons. The van der Waals surface area contributed by atoms with Gasteiger partial charge in [-0.25, -0.2) is 9.48 Å². The number of anilines is 2. The van der Waals surface area contributed by atoms with Gasteiger partial charge in [0.1, 0.15) is 12.4 Å². The molecular formula is C29H36F3N5O2. The van der Waals surface area contributed by atoms with Crippen LogP contribution in [0.15, 0.2) is 54.6 Å². The molecule has 3 rings (SSSR count). The van der Waals surface area contributed by atoms with Gasteiger partial charge in [0.2, 0.25) is 5.91 Å². The maximum atomic E-state index is 13.5. The predicted octanol–water partition coefficient (Wildman–Crippen LogP) is 7.16. The van der Waals surface area contributed by atoms with Gasteiger partial charge in [-0.3, -0.25) is 4.79 Å². The van der Waals surface area contributed by atoms with Crippen LogP contribution in [0.1, 0.15) is 63.8 Å². The van der Waals surface area contributed by atoms with E-state index in [-0.39, 0.29) is 24.2 Å². The second kappa shape index (κ2) is 12.4. The number of nitrogens with one attached hydrogen (secondary N) is 2. The third kappa shape index (κ3) is 8.08. The van der Waals surface area contributed by atoms with E-state index < -0.39 is 23.7 Å². The van der Waals surface area contributed by atoms with Gasteiger partial charge < -0.3 is 15.5 Å². The largest absolute Gasteiger partial charge is 0.418 e. The first kappa shape index (κ1) is 29.7. The number of hydrogen-bond donors (Lipinski definition) is 2. The summed E-state index contributed by atoms with van der Waals surface area (Å²) in [7, 11) is 0. The summed E-state index contributed by atoms with van der Waals surface area (Å²) >= 11 is 0. The lowest BCUT2D eigenvalue weighted by Crippen LogP contribution is -2.41. The van der Waals surface area contributed by atoms with Crippen molar-refractivity contribution in [3.63, 3.8) is 0 Å². The fourth-order valence-electron chi connectivity index (χ4n) is 3.99. The molecule has 2 aromatic carbocycles. The fourth-order valence-corrected chi connectivity index (χ4v) is 3.99. The van der Waals surface area contributed by atoms with E-state index in [2.05, 4.69) is 10.6 Å². The fraction of sp³-hybridized carbons (Fsp3) is 0.414. The van der Waals surface area contributed by atoms with E-state index in [9.17, 15) is 22.8 Å². The molecule has 0 aliphatic carbocycles. The number of carbonyl (C=O) groups excluding carboxylic acids is 2. The van der Waals surface area contributed by atoms with Crippen LogP contribution in [0.5, 0.6) is 0 Å². The second-order valence-corrected chi connectivity index (χ2v) is 10.6. The number of para-hydroxylation sites is 1. The average molecular weight is 544 g/mol. The molecule has 39 heavy (non-hydrogen) atoms. The van der Waals surface area contributed by atoms with Crippen molar-refractivity contribution in [3.8, 4) is 5.69 Å². The zero-order valence-electron chi connectivity index (χ0n) is 23.0. The maximum Gasteiger partial charge on any atom is 0.418 e. The highest BCUT2D eigenvalue weighted by Crippen LogP contribution is 2.34. The number of aryl methyl sites for hydroxylation is 1. The Bertz CT molecular complexity index is 1290. The van der Waals surface area contributed by atoms with Crippen molar-refractivity contribution in [2.75, 3.05) is 23.7 Å². The Morgan fingerprint density at radius 3 is 2.33 bits per heavy atom. The van der Waals surface area contributed by atoms with Crippen LogP contribution in [0.4, 0.5) is 29.5 Å². The van der Waals surface area contributed by atoms with Gasteiger partial charge in [0.15, 0.2) is 0 Å². The highest BCUT2D eigenvalue weighted by atomic mass is 19.4. The van der Waals surface area contributed by atoms with Crippen molar-refractivity contribution in [2.24, 2.45) is 0 Å². The molecule has 0 fully saturated rings. The minimum absolute atomic E-state index is 0.214. The zero-order valence-corrected chi connectivity index (χ0v) is 23.0. The first-order chi connectivity index (χ1) is 18.3. The predicted molar refractivity (Wildman–Crippen MR) is 147 cm³/mol. The summed E-state index contributed by atoms with van der Waals surface area (Å²) in [5.41, 5.74) is 0.960. The highest BCUT2D eigenvalue weighted by Gasteiger charge is 2.34. The normalized spacial score (nSPS) is 11.8. The lowest BCUT2D eigenvalue weighted by atomic mass is 9.92. The molecule has 0 spiro atoms. The molecule has 2 N–H and O–H groups in total. The Morgan fingerprint density at radius 1 is 0.974 bits per heavy atom. The Balaban J connectivity index is 1.84. The number of alkyl halides is 3. The van der Waals surface area contributed by atoms with E-state index >= 15 is 0 Å². The SMILES string of the molecule is CCCCCN(CC(=O)Nc1cc(C(C)(C)C)nn1-c1cccc(C)c1)C(=O)Nc1ccccc1C(F)(F)F. The number of hydrogen-bond acceptors (Lipinski definition) is 3. The van der Waals surface area contributed by atoms with Crippen LogP contribution in [0.3, 0.4) is 0 Å². The van der Waals surface area contributed by atoms with Crippen molar-refractivity contribution in [2.45, 2.75) is 65.5 Å². The zero-order chi connectivity index (χ0) is 28.8. The maximum absolute atomic E-state index is 13.5. The average Bonchev–Trinajstić information content (AvgIpc) is 3.27. The summed E-state index contributed by atoms with van der Waals surface area (Å²) in [4.78, 5) is 27.5. The molecule has 10 heteroatoms. The van der Waals surface area contributed by atoms with Crippen LogP contribution in [-0.4, -0.2) is 39.7 Å². The van der Waals surface area contributed by atoms with Crippen LogP contribution < -0.4 is 10.6 Å². The van der Waals surface area contributed by atoms with Gasteiger partial charge in [-0.05, 0) is 43.2 Å². The molecule has 0 atom stereocenters. The number of benzene rings is 2. The highest BCUT2D eigenvalue weighted by molar-refractivity contribution is 5.97. The lowest BCUT2D eigenvalue weighted by Gasteiger charge is -2.24. The van der Waals surface area contributed by atoms with E-state index in [1.807, 2.05) is 58.9 Å². The number of carbonyl (C=O) groups is 2. The van der Waals surface area contributed by atoms with E-state index in [1.165, 1.54) is 23.1 Å². The smallest absolute Gasteiger partial charge is 0.315 e.